The monoisotopic (exact) mass is 275 g/mol. The number of carbonyl (C=O) groups excluding carboxylic acids is 1. The van der Waals surface area contributed by atoms with Gasteiger partial charge >= 0.3 is 0 Å². The summed E-state index contributed by atoms with van der Waals surface area (Å²) < 4.78 is 0. The fourth-order valence-corrected chi connectivity index (χ4v) is 2.74. The van der Waals surface area contributed by atoms with Gasteiger partial charge in [-0.25, -0.2) is 0 Å². The molecule has 0 aliphatic carbocycles. The van der Waals surface area contributed by atoms with Crippen LogP contribution in [0.4, 0.5) is 11.4 Å². The number of benzene rings is 1. The normalized spacial score (nSPS) is 17.1. The molecule has 2 N–H and O–H groups in total. The van der Waals surface area contributed by atoms with Crippen LogP contribution in [0.15, 0.2) is 24.3 Å². The molecule has 0 saturated carbocycles. The minimum absolute atomic E-state index is 0.156. The summed E-state index contributed by atoms with van der Waals surface area (Å²) in [5.74, 6) is 0.465. The van der Waals surface area contributed by atoms with Crippen molar-refractivity contribution < 1.29 is 4.79 Å². The van der Waals surface area contributed by atoms with Gasteiger partial charge in [-0.1, -0.05) is 20.3 Å². The Morgan fingerprint density at radius 1 is 1.20 bits per heavy atom. The number of nitrogens with zero attached hydrogens (tertiary/aromatic N) is 2. The van der Waals surface area contributed by atoms with E-state index in [1.165, 1.54) is 5.69 Å². The Labute approximate surface area is 121 Å². The first-order valence-electron chi connectivity index (χ1n) is 7.51. The lowest BCUT2D eigenvalue weighted by Gasteiger charge is -2.37. The van der Waals surface area contributed by atoms with E-state index in [0.29, 0.717) is 5.91 Å². The Hall–Kier alpha value is -1.71. The molecule has 0 bridgehead atoms. The fraction of sp³-hybridized carbons (Fsp3) is 0.562. The van der Waals surface area contributed by atoms with Gasteiger partial charge < -0.3 is 15.5 Å². The maximum Gasteiger partial charge on any atom is 0.225 e. The van der Waals surface area contributed by atoms with Gasteiger partial charge in [0.25, 0.3) is 0 Å². The van der Waals surface area contributed by atoms with Crippen molar-refractivity contribution in [3.63, 3.8) is 0 Å². The fourth-order valence-electron chi connectivity index (χ4n) is 2.74. The van der Waals surface area contributed by atoms with E-state index in [9.17, 15) is 4.79 Å². The van der Waals surface area contributed by atoms with Gasteiger partial charge in [0, 0.05) is 43.5 Å². The zero-order chi connectivity index (χ0) is 14.5. The first kappa shape index (κ1) is 14.7. The standard InChI is InChI=1S/C16H25N3O/c1-3-4-13(2)16(20)19-11-9-18(10-12-19)15-7-5-14(17)6-8-15/h5-8,13H,3-4,9-12,17H2,1-2H3. The first-order chi connectivity index (χ1) is 9.61. The Morgan fingerprint density at radius 2 is 1.80 bits per heavy atom. The average Bonchev–Trinajstić information content (AvgIpc) is 2.48. The quantitative estimate of drug-likeness (QED) is 0.858. The highest BCUT2D eigenvalue weighted by Gasteiger charge is 2.24. The SMILES string of the molecule is CCCC(C)C(=O)N1CCN(c2ccc(N)cc2)CC1. The molecular weight excluding hydrogens is 250 g/mol. The molecule has 1 amide bonds. The summed E-state index contributed by atoms with van der Waals surface area (Å²) in [7, 11) is 0. The van der Waals surface area contributed by atoms with E-state index >= 15 is 0 Å². The number of nitrogens with two attached hydrogens (primary N) is 1. The number of anilines is 2. The van der Waals surface area contributed by atoms with Gasteiger partial charge in [0.2, 0.25) is 5.91 Å². The van der Waals surface area contributed by atoms with Gasteiger partial charge in [-0.15, -0.1) is 0 Å². The molecule has 1 atom stereocenters. The maximum absolute atomic E-state index is 12.3. The molecule has 1 aromatic rings. The van der Waals surface area contributed by atoms with Crippen LogP contribution in [0.5, 0.6) is 0 Å². The lowest BCUT2D eigenvalue weighted by Crippen LogP contribution is -2.50. The average molecular weight is 275 g/mol. The summed E-state index contributed by atoms with van der Waals surface area (Å²) >= 11 is 0. The number of rotatable bonds is 4. The molecule has 1 aliphatic rings. The van der Waals surface area contributed by atoms with Crippen LogP contribution in [-0.2, 0) is 4.79 Å². The molecule has 0 spiro atoms. The van der Waals surface area contributed by atoms with E-state index in [1.54, 1.807) is 0 Å². The lowest BCUT2D eigenvalue weighted by molar-refractivity contribution is -0.135. The predicted octanol–water partition coefficient (Wildman–Crippen LogP) is 2.35. The molecule has 1 fully saturated rings. The highest BCUT2D eigenvalue weighted by atomic mass is 16.2. The third kappa shape index (κ3) is 3.44. The number of piperazine rings is 1. The third-order valence-corrected chi connectivity index (χ3v) is 3.99. The van der Waals surface area contributed by atoms with Crippen LogP contribution in [0, 0.1) is 5.92 Å². The van der Waals surface area contributed by atoms with Crippen molar-refractivity contribution in [2.45, 2.75) is 26.7 Å². The van der Waals surface area contributed by atoms with Gasteiger partial charge in [0.1, 0.15) is 0 Å². The minimum Gasteiger partial charge on any atom is -0.399 e. The molecule has 1 aromatic carbocycles. The van der Waals surface area contributed by atoms with Crippen LogP contribution in [0.3, 0.4) is 0 Å². The second-order valence-corrected chi connectivity index (χ2v) is 5.59. The zero-order valence-corrected chi connectivity index (χ0v) is 12.5. The van der Waals surface area contributed by atoms with Crippen LogP contribution in [0.25, 0.3) is 0 Å². The highest BCUT2D eigenvalue weighted by molar-refractivity contribution is 5.78. The van der Waals surface area contributed by atoms with Crippen molar-refractivity contribution in [1.82, 2.24) is 4.90 Å². The summed E-state index contributed by atoms with van der Waals surface area (Å²) in [6, 6.07) is 7.95. The van der Waals surface area contributed by atoms with Crippen LogP contribution in [-0.4, -0.2) is 37.0 Å². The number of carbonyl (C=O) groups is 1. The largest absolute Gasteiger partial charge is 0.399 e. The van der Waals surface area contributed by atoms with Crippen molar-refractivity contribution >= 4 is 17.3 Å². The summed E-state index contributed by atoms with van der Waals surface area (Å²) in [4.78, 5) is 16.6. The van der Waals surface area contributed by atoms with Crippen LogP contribution in [0.2, 0.25) is 0 Å². The Bertz CT molecular complexity index is 436. The topological polar surface area (TPSA) is 49.6 Å². The smallest absolute Gasteiger partial charge is 0.225 e. The third-order valence-electron chi connectivity index (χ3n) is 3.99. The van der Waals surface area contributed by atoms with Crippen molar-refractivity contribution in [2.24, 2.45) is 5.92 Å². The van der Waals surface area contributed by atoms with Gasteiger partial charge in [0.05, 0.1) is 0 Å². The molecule has 20 heavy (non-hydrogen) atoms. The molecule has 1 aliphatic heterocycles. The van der Waals surface area contributed by atoms with Gasteiger partial charge in [-0.2, -0.15) is 0 Å². The minimum atomic E-state index is 0.156. The van der Waals surface area contributed by atoms with Gasteiger partial charge in [-0.05, 0) is 30.7 Å². The summed E-state index contributed by atoms with van der Waals surface area (Å²) in [6.45, 7) is 7.60. The van der Waals surface area contributed by atoms with Crippen LogP contribution in [0.1, 0.15) is 26.7 Å². The van der Waals surface area contributed by atoms with Crippen molar-refractivity contribution in [3.05, 3.63) is 24.3 Å². The summed E-state index contributed by atoms with van der Waals surface area (Å²) in [5.41, 5.74) is 7.68. The Balaban J connectivity index is 1.89. The highest BCUT2D eigenvalue weighted by Crippen LogP contribution is 2.19. The molecule has 0 aromatic heterocycles. The number of nitrogen functional groups attached to an aromatic ring is 1. The Kier molecular flexibility index (Phi) is 4.88. The van der Waals surface area contributed by atoms with Crippen LogP contribution >= 0.6 is 0 Å². The van der Waals surface area contributed by atoms with E-state index in [-0.39, 0.29) is 5.92 Å². The van der Waals surface area contributed by atoms with E-state index in [2.05, 4.69) is 11.8 Å². The van der Waals surface area contributed by atoms with Gasteiger partial charge in [0.15, 0.2) is 0 Å². The molecule has 2 rings (SSSR count). The molecule has 1 unspecified atom stereocenters. The van der Waals surface area contributed by atoms with E-state index in [4.69, 9.17) is 5.73 Å². The summed E-state index contributed by atoms with van der Waals surface area (Å²) in [5, 5.41) is 0. The maximum atomic E-state index is 12.3. The number of amides is 1. The molecule has 110 valence electrons. The molecular formula is C16H25N3O. The molecule has 0 radical (unpaired) electrons. The molecule has 1 saturated heterocycles. The van der Waals surface area contributed by atoms with E-state index < -0.39 is 0 Å². The first-order valence-corrected chi connectivity index (χ1v) is 7.51. The molecule has 1 heterocycles. The predicted molar refractivity (Wildman–Crippen MR) is 83.7 cm³/mol. The Morgan fingerprint density at radius 3 is 2.35 bits per heavy atom. The van der Waals surface area contributed by atoms with E-state index in [1.807, 2.05) is 36.1 Å². The summed E-state index contributed by atoms with van der Waals surface area (Å²) in [6.07, 6.45) is 2.05. The van der Waals surface area contributed by atoms with Crippen LogP contribution < -0.4 is 10.6 Å². The second-order valence-electron chi connectivity index (χ2n) is 5.59. The van der Waals surface area contributed by atoms with Crippen molar-refractivity contribution in [3.8, 4) is 0 Å². The zero-order valence-electron chi connectivity index (χ0n) is 12.5. The number of hydrogen-bond acceptors (Lipinski definition) is 3. The van der Waals surface area contributed by atoms with E-state index in [0.717, 1.165) is 44.7 Å². The second kappa shape index (κ2) is 6.64. The van der Waals surface area contributed by atoms with Gasteiger partial charge in [-0.3, -0.25) is 4.79 Å². The lowest BCUT2D eigenvalue weighted by atomic mass is 10.0. The molecule has 4 nitrogen and oxygen atoms in total. The molecule has 4 heteroatoms. The van der Waals surface area contributed by atoms with Crippen molar-refractivity contribution in [1.29, 1.82) is 0 Å². The van der Waals surface area contributed by atoms with Crippen molar-refractivity contribution in [2.75, 3.05) is 36.8 Å². The number of hydrogen-bond donors (Lipinski definition) is 1.